The highest BCUT2D eigenvalue weighted by molar-refractivity contribution is 5.82. The average Bonchev–Trinajstić information content (AvgIpc) is 2.87. The standard InChI is InChI=1S/C22H29N7O4/c1-3-4-17-13-16(14-18(31-2)19(17)30)15-23-27-20-24-21(28-5-9-32-10-6-28)26-22(25-20)29-7-11-33-12-8-29/h3,13-15,30H,1,4-12H2,2H3,(H,24,25,26,27)/b23-15+. The van der Waals surface area contributed by atoms with Crippen molar-refractivity contribution in [1.82, 2.24) is 15.0 Å². The first kappa shape index (κ1) is 22.7. The molecule has 0 amide bonds. The first-order valence-electron chi connectivity index (χ1n) is 10.9. The molecule has 0 aliphatic carbocycles. The van der Waals surface area contributed by atoms with Gasteiger partial charge in [0.05, 0.1) is 39.8 Å². The van der Waals surface area contributed by atoms with Crippen LogP contribution in [0, 0.1) is 0 Å². The summed E-state index contributed by atoms with van der Waals surface area (Å²) >= 11 is 0. The summed E-state index contributed by atoms with van der Waals surface area (Å²) in [6, 6.07) is 3.54. The van der Waals surface area contributed by atoms with E-state index in [0.717, 1.165) is 5.56 Å². The van der Waals surface area contributed by atoms with Gasteiger partial charge in [-0.3, -0.25) is 0 Å². The number of benzene rings is 1. The van der Waals surface area contributed by atoms with Gasteiger partial charge in [-0.25, -0.2) is 5.43 Å². The highest BCUT2D eigenvalue weighted by atomic mass is 16.5. The summed E-state index contributed by atoms with van der Waals surface area (Å²) in [6.45, 7) is 9.14. The smallest absolute Gasteiger partial charge is 0.250 e. The van der Waals surface area contributed by atoms with E-state index in [1.165, 1.54) is 7.11 Å². The second-order valence-electron chi connectivity index (χ2n) is 7.55. The molecule has 2 N–H and O–H groups in total. The van der Waals surface area contributed by atoms with E-state index in [1.807, 2.05) is 6.07 Å². The third-order valence-electron chi connectivity index (χ3n) is 5.34. The number of hydrogen-bond donors (Lipinski definition) is 2. The summed E-state index contributed by atoms with van der Waals surface area (Å²) in [6.07, 6.45) is 3.86. The number of allylic oxidation sites excluding steroid dienone is 1. The van der Waals surface area contributed by atoms with E-state index in [0.29, 0.717) is 88.2 Å². The molecular formula is C22H29N7O4. The Morgan fingerprint density at radius 2 is 1.67 bits per heavy atom. The quantitative estimate of drug-likeness (QED) is 0.344. The molecule has 2 aliphatic heterocycles. The third kappa shape index (κ3) is 5.68. The number of anilines is 3. The van der Waals surface area contributed by atoms with Gasteiger partial charge in [-0.05, 0) is 24.1 Å². The van der Waals surface area contributed by atoms with Gasteiger partial charge in [-0.2, -0.15) is 20.1 Å². The maximum atomic E-state index is 10.3. The molecule has 33 heavy (non-hydrogen) atoms. The van der Waals surface area contributed by atoms with Gasteiger partial charge < -0.3 is 29.1 Å². The summed E-state index contributed by atoms with van der Waals surface area (Å²) in [5, 5.41) is 14.6. The summed E-state index contributed by atoms with van der Waals surface area (Å²) < 4.78 is 16.2. The highest BCUT2D eigenvalue weighted by Gasteiger charge is 2.20. The molecule has 1 aromatic carbocycles. The van der Waals surface area contributed by atoms with Crippen LogP contribution in [0.15, 0.2) is 29.9 Å². The maximum absolute atomic E-state index is 10.3. The number of nitrogens with one attached hydrogen (secondary N) is 1. The lowest BCUT2D eigenvalue weighted by molar-refractivity contribution is 0.121. The molecule has 11 heteroatoms. The number of nitrogens with zero attached hydrogens (tertiary/aromatic N) is 6. The molecule has 11 nitrogen and oxygen atoms in total. The molecule has 0 spiro atoms. The molecule has 2 saturated heterocycles. The first-order chi connectivity index (χ1) is 16.2. The predicted molar refractivity (Wildman–Crippen MR) is 126 cm³/mol. The number of methoxy groups -OCH3 is 1. The van der Waals surface area contributed by atoms with Crippen molar-refractivity contribution in [3.63, 3.8) is 0 Å². The zero-order valence-corrected chi connectivity index (χ0v) is 18.7. The average molecular weight is 456 g/mol. The number of hydrogen-bond acceptors (Lipinski definition) is 11. The number of phenolic OH excluding ortho intramolecular Hbond substituents is 1. The summed E-state index contributed by atoms with van der Waals surface area (Å²) in [5.74, 6) is 2.01. The minimum atomic E-state index is 0.102. The first-order valence-corrected chi connectivity index (χ1v) is 10.9. The summed E-state index contributed by atoms with van der Waals surface area (Å²) in [7, 11) is 1.51. The van der Waals surface area contributed by atoms with Crippen LogP contribution in [0.25, 0.3) is 0 Å². The predicted octanol–water partition coefficient (Wildman–Crippen LogP) is 1.43. The Kier molecular flexibility index (Phi) is 7.53. The molecular weight excluding hydrogens is 426 g/mol. The monoisotopic (exact) mass is 455 g/mol. The molecule has 0 unspecified atom stereocenters. The Morgan fingerprint density at radius 1 is 1.06 bits per heavy atom. The molecule has 176 valence electrons. The van der Waals surface area contributed by atoms with Crippen LogP contribution >= 0.6 is 0 Å². The number of aromatic hydroxyl groups is 1. The van der Waals surface area contributed by atoms with Crippen LogP contribution in [-0.2, 0) is 15.9 Å². The van der Waals surface area contributed by atoms with Crippen LogP contribution in [0.5, 0.6) is 11.5 Å². The van der Waals surface area contributed by atoms with Crippen LogP contribution in [0.3, 0.4) is 0 Å². The van der Waals surface area contributed by atoms with Crippen LogP contribution in [0.2, 0.25) is 0 Å². The zero-order valence-electron chi connectivity index (χ0n) is 18.7. The Hall–Kier alpha value is -3.44. The minimum Gasteiger partial charge on any atom is -0.504 e. The molecule has 3 heterocycles. The summed E-state index contributed by atoms with van der Waals surface area (Å²) in [4.78, 5) is 18.0. The van der Waals surface area contributed by atoms with E-state index >= 15 is 0 Å². The lowest BCUT2D eigenvalue weighted by atomic mass is 10.1. The van der Waals surface area contributed by atoms with Crippen molar-refractivity contribution in [2.75, 3.05) is 74.9 Å². The van der Waals surface area contributed by atoms with Gasteiger partial charge in [-0.1, -0.05) is 6.08 Å². The number of hydrazone groups is 1. The fraction of sp³-hybridized carbons (Fsp3) is 0.455. The van der Waals surface area contributed by atoms with Crippen molar-refractivity contribution < 1.29 is 19.3 Å². The topological polar surface area (TPSA) is 117 Å². The number of rotatable bonds is 8. The summed E-state index contributed by atoms with van der Waals surface area (Å²) in [5.41, 5.74) is 4.38. The van der Waals surface area contributed by atoms with E-state index in [1.54, 1.807) is 18.4 Å². The Labute approximate surface area is 192 Å². The normalized spacial score (nSPS) is 16.8. The lowest BCUT2D eigenvalue weighted by Gasteiger charge is -2.30. The second kappa shape index (κ2) is 10.9. The van der Waals surface area contributed by atoms with Crippen molar-refractivity contribution >= 4 is 24.1 Å². The Balaban J connectivity index is 1.57. The fourth-order valence-electron chi connectivity index (χ4n) is 3.61. The fourth-order valence-corrected chi connectivity index (χ4v) is 3.61. The number of phenols is 1. The van der Waals surface area contributed by atoms with Crippen molar-refractivity contribution in [2.45, 2.75) is 6.42 Å². The molecule has 0 bridgehead atoms. The van der Waals surface area contributed by atoms with Gasteiger partial charge >= 0.3 is 0 Å². The zero-order chi connectivity index (χ0) is 23.0. The van der Waals surface area contributed by atoms with Crippen molar-refractivity contribution in [3.8, 4) is 11.5 Å². The van der Waals surface area contributed by atoms with Gasteiger partial charge in [0.2, 0.25) is 17.8 Å². The molecule has 4 rings (SSSR count). The Bertz CT molecular complexity index is 953. The SMILES string of the molecule is C=CCc1cc(/C=N/Nc2nc(N3CCOCC3)nc(N3CCOCC3)n2)cc(OC)c1O. The molecule has 2 fully saturated rings. The van der Waals surface area contributed by atoms with Crippen molar-refractivity contribution in [2.24, 2.45) is 5.10 Å². The van der Waals surface area contributed by atoms with Gasteiger partial charge in [0, 0.05) is 31.7 Å². The van der Waals surface area contributed by atoms with E-state index in [-0.39, 0.29) is 5.75 Å². The second-order valence-corrected chi connectivity index (χ2v) is 7.55. The van der Waals surface area contributed by atoms with Gasteiger partial charge in [-0.15, -0.1) is 6.58 Å². The number of morpholine rings is 2. The van der Waals surface area contributed by atoms with Gasteiger partial charge in [0.15, 0.2) is 11.5 Å². The van der Waals surface area contributed by atoms with Gasteiger partial charge in [0.25, 0.3) is 0 Å². The van der Waals surface area contributed by atoms with E-state index in [2.05, 4.69) is 41.9 Å². The molecule has 2 aliphatic rings. The molecule has 0 radical (unpaired) electrons. The van der Waals surface area contributed by atoms with Crippen molar-refractivity contribution in [3.05, 3.63) is 35.9 Å². The van der Waals surface area contributed by atoms with Crippen LogP contribution in [0.1, 0.15) is 11.1 Å². The number of aromatic nitrogens is 3. The molecule has 2 aromatic rings. The van der Waals surface area contributed by atoms with E-state index in [4.69, 9.17) is 14.2 Å². The number of ether oxygens (including phenoxy) is 3. The molecule has 0 atom stereocenters. The van der Waals surface area contributed by atoms with Crippen LogP contribution < -0.4 is 20.0 Å². The molecule has 0 saturated carbocycles. The van der Waals surface area contributed by atoms with Gasteiger partial charge in [0.1, 0.15) is 0 Å². The lowest BCUT2D eigenvalue weighted by Crippen LogP contribution is -2.40. The van der Waals surface area contributed by atoms with E-state index < -0.39 is 0 Å². The van der Waals surface area contributed by atoms with Crippen LogP contribution in [-0.4, -0.2) is 86.0 Å². The van der Waals surface area contributed by atoms with E-state index in [9.17, 15) is 5.11 Å². The largest absolute Gasteiger partial charge is 0.504 e. The third-order valence-corrected chi connectivity index (χ3v) is 5.34. The van der Waals surface area contributed by atoms with Crippen molar-refractivity contribution in [1.29, 1.82) is 0 Å². The maximum Gasteiger partial charge on any atom is 0.250 e. The minimum absolute atomic E-state index is 0.102. The van der Waals surface area contributed by atoms with Crippen LogP contribution in [0.4, 0.5) is 17.8 Å². The molecule has 1 aromatic heterocycles. The highest BCUT2D eigenvalue weighted by Crippen LogP contribution is 2.31. The Morgan fingerprint density at radius 3 is 2.21 bits per heavy atom.